The van der Waals surface area contributed by atoms with Gasteiger partial charge < -0.3 is 4.74 Å². The van der Waals surface area contributed by atoms with Crippen LogP contribution in [-0.4, -0.2) is 27.8 Å². The molecular formula is C10H15N3O2. The van der Waals surface area contributed by atoms with Crippen molar-refractivity contribution in [3.8, 4) is 0 Å². The largest absolute Gasteiger partial charge is 0.468 e. The van der Waals surface area contributed by atoms with E-state index in [1.807, 2.05) is 11.6 Å². The Hall–Kier alpha value is -1.39. The lowest BCUT2D eigenvalue weighted by atomic mass is 9.99. The number of aromatic nitrogens is 3. The lowest BCUT2D eigenvalue weighted by molar-refractivity contribution is -0.143. The van der Waals surface area contributed by atoms with E-state index in [4.69, 9.17) is 4.74 Å². The summed E-state index contributed by atoms with van der Waals surface area (Å²) < 4.78 is 6.61. The zero-order valence-corrected chi connectivity index (χ0v) is 9.06. The molecule has 0 radical (unpaired) electrons. The Morgan fingerprint density at radius 2 is 2.47 bits per heavy atom. The van der Waals surface area contributed by atoms with Crippen LogP contribution in [0.2, 0.25) is 0 Å². The van der Waals surface area contributed by atoms with Gasteiger partial charge in [0.15, 0.2) is 5.82 Å². The predicted molar refractivity (Wildman–Crippen MR) is 53.4 cm³/mol. The van der Waals surface area contributed by atoms with Crippen LogP contribution >= 0.6 is 0 Å². The van der Waals surface area contributed by atoms with E-state index in [0.29, 0.717) is 0 Å². The molecule has 0 N–H and O–H groups in total. The topological polar surface area (TPSA) is 57.0 Å². The molecule has 1 aliphatic rings. The molecule has 5 nitrogen and oxygen atoms in total. The number of hydrogen-bond acceptors (Lipinski definition) is 4. The van der Waals surface area contributed by atoms with E-state index >= 15 is 0 Å². The van der Waals surface area contributed by atoms with E-state index in [-0.39, 0.29) is 11.9 Å². The highest BCUT2D eigenvalue weighted by atomic mass is 16.5. The first-order valence-corrected chi connectivity index (χ1v) is 5.27. The summed E-state index contributed by atoms with van der Waals surface area (Å²) in [4.78, 5) is 15.9. The van der Waals surface area contributed by atoms with Gasteiger partial charge in [0, 0.05) is 13.0 Å². The quantitative estimate of drug-likeness (QED) is 0.679. The van der Waals surface area contributed by atoms with Crippen LogP contribution in [-0.2, 0) is 22.5 Å². The first kappa shape index (κ1) is 10.1. The van der Waals surface area contributed by atoms with Crippen LogP contribution in [0.15, 0.2) is 0 Å². The Morgan fingerprint density at radius 3 is 3.13 bits per heavy atom. The average molecular weight is 209 g/mol. The number of esters is 1. The van der Waals surface area contributed by atoms with Crippen molar-refractivity contribution in [3.05, 3.63) is 11.6 Å². The SMILES string of the molecule is CCc1nc2n(n1)CCCC2C(=O)OC. The van der Waals surface area contributed by atoms with Crippen LogP contribution in [0.4, 0.5) is 0 Å². The van der Waals surface area contributed by atoms with Crippen molar-refractivity contribution in [2.45, 2.75) is 38.6 Å². The third kappa shape index (κ3) is 1.73. The van der Waals surface area contributed by atoms with Crippen LogP contribution in [0.1, 0.15) is 37.3 Å². The second kappa shape index (κ2) is 4.00. The van der Waals surface area contributed by atoms with Gasteiger partial charge in [-0.1, -0.05) is 6.92 Å². The summed E-state index contributed by atoms with van der Waals surface area (Å²) in [6, 6.07) is 0. The number of aryl methyl sites for hydroxylation is 2. The van der Waals surface area contributed by atoms with Crippen molar-refractivity contribution in [1.29, 1.82) is 0 Å². The summed E-state index contributed by atoms with van der Waals surface area (Å²) in [5, 5.41) is 4.33. The third-order valence-corrected chi connectivity index (χ3v) is 2.72. The Balaban J connectivity index is 2.33. The second-order valence-corrected chi connectivity index (χ2v) is 3.68. The van der Waals surface area contributed by atoms with Crippen molar-refractivity contribution < 1.29 is 9.53 Å². The molecule has 0 saturated heterocycles. The Labute approximate surface area is 88.4 Å². The Morgan fingerprint density at radius 1 is 1.67 bits per heavy atom. The fourth-order valence-electron chi connectivity index (χ4n) is 1.91. The van der Waals surface area contributed by atoms with Crippen LogP contribution in [0.5, 0.6) is 0 Å². The van der Waals surface area contributed by atoms with Crippen LogP contribution < -0.4 is 0 Å². The lowest BCUT2D eigenvalue weighted by Gasteiger charge is -2.19. The number of rotatable bonds is 2. The monoisotopic (exact) mass is 209 g/mol. The number of hydrogen-bond donors (Lipinski definition) is 0. The van der Waals surface area contributed by atoms with Crippen molar-refractivity contribution >= 4 is 5.97 Å². The second-order valence-electron chi connectivity index (χ2n) is 3.68. The van der Waals surface area contributed by atoms with Crippen molar-refractivity contribution in [2.75, 3.05) is 7.11 Å². The van der Waals surface area contributed by atoms with Gasteiger partial charge >= 0.3 is 5.97 Å². The zero-order valence-electron chi connectivity index (χ0n) is 9.06. The molecule has 1 aliphatic heterocycles. The molecule has 15 heavy (non-hydrogen) atoms. The summed E-state index contributed by atoms with van der Waals surface area (Å²) in [7, 11) is 1.42. The molecule has 1 unspecified atom stereocenters. The standard InChI is InChI=1S/C10H15N3O2/c1-3-8-11-9-7(10(14)15-2)5-4-6-13(9)12-8/h7H,3-6H2,1-2H3. The average Bonchev–Trinajstić information content (AvgIpc) is 2.70. The molecule has 0 bridgehead atoms. The van der Waals surface area contributed by atoms with Gasteiger partial charge in [-0.25, -0.2) is 9.67 Å². The van der Waals surface area contributed by atoms with Gasteiger partial charge in [-0.2, -0.15) is 5.10 Å². The lowest BCUT2D eigenvalue weighted by Crippen LogP contribution is -2.24. The minimum Gasteiger partial charge on any atom is -0.468 e. The molecule has 0 aliphatic carbocycles. The molecule has 0 saturated carbocycles. The molecule has 82 valence electrons. The van der Waals surface area contributed by atoms with E-state index in [2.05, 4.69) is 10.1 Å². The molecule has 0 spiro atoms. The van der Waals surface area contributed by atoms with Gasteiger partial charge in [-0.05, 0) is 12.8 Å². The number of carbonyl (C=O) groups is 1. The van der Waals surface area contributed by atoms with E-state index < -0.39 is 0 Å². The zero-order chi connectivity index (χ0) is 10.8. The third-order valence-electron chi connectivity index (χ3n) is 2.72. The van der Waals surface area contributed by atoms with Gasteiger partial charge in [0.1, 0.15) is 11.7 Å². The molecule has 2 rings (SSSR count). The summed E-state index contributed by atoms with van der Waals surface area (Å²) in [6.07, 6.45) is 2.57. The number of carbonyl (C=O) groups excluding carboxylic acids is 1. The first-order valence-electron chi connectivity index (χ1n) is 5.27. The molecule has 1 atom stereocenters. The molecule has 0 amide bonds. The molecule has 1 aromatic heterocycles. The maximum Gasteiger partial charge on any atom is 0.316 e. The maximum atomic E-state index is 11.5. The van der Waals surface area contributed by atoms with Gasteiger partial charge in [0.05, 0.1) is 7.11 Å². The molecule has 2 heterocycles. The minimum atomic E-state index is -0.225. The highest BCUT2D eigenvalue weighted by molar-refractivity contribution is 5.77. The van der Waals surface area contributed by atoms with Crippen LogP contribution in [0, 0.1) is 0 Å². The Kier molecular flexibility index (Phi) is 2.70. The number of fused-ring (bicyclic) bond motifs is 1. The smallest absolute Gasteiger partial charge is 0.316 e. The predicted octanol–water partition coefficient (Wildman–Crippen LogP) is 0.891. The van der Waals surface area contributed by atoms with Crippen LogP contribution in [0.25, 0.3) is 0 Å². The number of nitrogens with zero attached hydrogens (tertiary/aromatic N) is 3. The van der Waals surface area contributed by atoms with E-state index in [1.54, 1.807) is 0 Å². The maximum absolute atomic E-state index is 11.5. The summed E-state index contributed by atoms with van der Waals surface area (Å²) in [6.45, 7) is 2.87. The molecule has 0 fully saturated rings. The number of methoxy groups -OCH3 is 1. The van der Waals surface area contributed by atoms with Crippen LogP contribution in [0.3, 0.4) is 0 Å². The molecule has 0 aromatic carbocycles. The van der Waals surface area contributed by atoms with Crippen molar-refractivity contribution in [2.24, 2.45) is 0 Å². The molecule has 5 heteroatoms. The van der Waals surface area contributed by atoms with Gasteiger partial charge in [0.25, 0.3) is 0 Å². The summed E-state index contributed by atoms with van der Waals surface area (Å²) in [5.74, 6) is 1.15. The summed E-state index contributed by atoms with van der Waals surface area (Å²) in [5.41, 5.74) is 0. The molecular weight excluding hydrogens is 194 g/mol. The van der Waals surface area contributed by atoms with E-state index in [9.17, 15) is 4.79 Å². The fraction of sp³-hybridized carbons (Fsp3) is 0.700. The highest BCUT2D eigenvalue weighted by Crippen LogP contribution is 2.26. The number of ether oxygens (including phenoxy) is 1. The molecule has 1 aromatic rings. The van der Waals surface area contributed by atoms with Gasteiger partial charge in [-0.3, -0.25) is 4.79 Å². The van der Waals surface area contributed by atoms with Crippen molar-refractivity contribution in [1.82, 2.24) is 14.8 Å². The minimum absolute atomic E-state index is 0.203. The Bertz CT molecular complexity index is 373. The van der Waals surface area contributed by atoms with E-state index in [1.165, 1.54) is 7.11 Å². The van der Waals surface area contributed by atoms with Gasteiger partial charge in [-0.15, -0.1) is 0 Å². The highest BCUT2D eigenvalue weighted by Gasteiger charge is 2.30. The van der Waals surface area contributed by atoms with Crippen molar-refractivity contribution in [3.63, 3.8) is 0 Å². The summed E-state index contributed by atoms with van der Waals surface area (Å²) >= 11 is 0. The first-order chi connectivity index (χ1) is 7.26. The van der Waals surface area contributed by atoms with E-state index in [0.717, 1.165) is 37.5 Å². The van der Waals surface area contributed by atoms with Gasteiger partial charge in [0.2, 0.25) is 0 Å². The fourth-order valence-corrected chi connectivity index (χ4v) is 1.91. The normalized spacial score (nSPS) is 19.7.